The molecular formula is C48H73N7O15S. The van der Waals surface area contributed by atoms with Crippen LogP contribution in [-0.2, 0) is 54.6 Å². The number of nitrogens with one attached hydrogen (secondary N) is 6. The molecule has 23 heteroatoms. The highest BCUT2D eigenvalue weighted by Crippen LogP contribution is 2.40. The van der Waals surface area contributed by atoms with Crippen molar-refractivity contribution in [1.82, 2.24) is 36.2 Å². The molecule has 1 aliphatic heterocycles. The van der Waals surface area contributed by atoms with E-state index in [0.29, 0.717) is 23.1 Å². The maximum atomic E-state index is 14.6. The molecule has 0 saturated heterocycles. The maximum Gasteiger partial charge on any atom is 0.407 e. The number of hydrogen-bond donors (Lipinski definition) is 6. The summed E-state index contributed by atoms with van der Waals surface area (Å²) in [5.74, 6) is -2.73. The third-order valence-corrected chi connectivity index (χ3v) is 10.6. The summed E-state index contributed by atoms with van der Waals surface area (Å²) in [4.78, 5) is 94.3. The van der Waals surface area contributed by atoms with Crippen molar-refractivity contribution in [2.45, 2.75) is 136 Å². The van der Waals surface area contributed by atoms with Crippen molar-refractivity contribution < 1.29 is 70.4 Å². The van der Waals surface area contributed by atoms with Crippen LogP contribution in [0, 0.1) is 0 Å². The van der Waals surface area contributed by atoms with E-state index >= 15 is 0 Å². The number of carbonyl (C=O) groups excluding carboxylic acids is 7. The topological polar surface area (TPSA) is 284 Å². The van der Waals surface area contributed by atoms with Crippen LogP contribution in [0.25, 0.3) is 11.1 Å². The molecule has 1 aliphatic rings. The van der Waals surface area contributed by atoms with Gasteiger partial charge in [0.1, 0.15) is 65.7 Å². The molecule has 2 aromatic carbocycles. The molecule has 0 unspecified atom stereocenters. The summed E-state index contributed by atoms with van der Waals surface area (Å²) in [6.07, 6.45) is -0.624. The Bertz CT molecular complexity index is 2320. The quantitative estimate of drug-likeness (QED) is 0.0700. The molecule has 6 N–H and O–H groups in total. The number of alkyl carbamates (subject to hydrolysis) is 3. The van der Waals surface area contributed by atoms with Gasteiger partial charge in [-0.15, -0.1) is 0 Å². The van der Waals surface area contributed by atoms with Crippen molar-refractivity contribution in [2.24, 2.45) is 0 Å². The maximum absolute atomic E-state index is 14.6. The molecule has 6 amide bonds. The van der Waals surface area contributed by atoms with Crippen LogP contribution in [0.4, 0.5) is 14.4 Å². The number of nitrogens with zero attached hydrogens (tertiary/aromatic N) is 1. The number of amides is 6. The number of ether oxygens (including phenoxy) is 6. The molecule has 1 heterocycles. The number of benzene rings is 2. The Labute approximate surface area is 416 Å². The van der Waals surface area contributed by atoms with Gasteiger partial charge in [-0.2, -0.15) is 0 Å². The summed E-state index contributed by atoms with van der Waals surface area (Å²) >= 11 is 0. The number of likely N-dealkylation sites (N-methyl/N-ethyl adjacent to an activating group) is 1. The molecule has 4 bridgehead atoms. The number of hydrogen-bond acceptors (Lipinski definition) is 15. The molecule has 4 atom stereocenters. The second kappa shape index (κ2) is 25.7. The first-order valence-electron chi connectivity index (χ1n) is 23.2. The fourth-order valence-electron chi connectivity index (χ4n) is 6.97. The molecule has 3 rings (SSSR count). The number of fused-ring (bicyclic) bond motifs is 5. The normalized spacial score (nSPS) is 16.9. The second-order valence-corrected chi connectivity index (χ2v) is 21.7. The number of esters is 1. The van der Waals surface area contributed by atoms with E-state index in [2.05, 4.69) is 31.3 Å². The summed E-state index contributed by atoms with van der Waals surface area (Å²) in [6.45, 7) is 16.9. The predicted octanol–water partition coefficient (Wildman–Crippen LogP) is 3.99. The summed E-state index contributed by atoms with van der Waals surface area (Å²) in [5, 5.41) is 13.2. The van der Waals surface area contributed by atoms with Gasteiger partial charge in [-0.3, -0.25) is 14.4 Å². The molecule has 0 saturated carbocycles. The van der Waals surface area contributed by atoms with Crippen molar-refractivity contribution in [3.05, 3.63) is 47.5 Å². The summed E-state index contributed by atoms with van der Waals surface area (Å²) in [7, 11) is -1.53. The zero-order chi connectivity index (χ0) is 53.5. The molecule has 396 valence electrons. The molecule has 0 spiro atoms. The van der Waals surface area contributed by atoms with Crippen molar-refractivity contribution in [3.63, 3.8) is 0 Å². The van der Waals surface area contributed by atoms with Gasteiger partial charge in [-0.05, 0) is 124 Å². The molecule has 2 aromatic rings. The van der Waals surface area contributed by atoms with E-state index in [1.807, 2.05) is 0 Å². The first kappa shape index (κ1) is 59.0. The van der Waals surface area contributed by atoms with Crippen LogP contribution in [0.5, 0.6) is 11.5 Å². The lowest BCUT2D eigenvalue weighted by Gasteiger charge is -2.32. The number of unbranched alkanes of at least 4 members (excludes halogenated alkanes) is 1. The lowest BCUT2D eigenvalue weighted by Crippen LogP contribution is -2.54. The summed E-state index contributed by atoms with van der Waals surface area (Å²) in [6, 6.07) is 4.18. The molecule has 71 heavy (non-hydrogen) atoms. The highest BCUT2D eigenvalue weighted by molar-refractivity contribution is 7.88. The van der Waals surface area contributed by atoms with Crippen LogP contribution in [-0.4, -0.2) is 143 Å². The van der Waals surface area contributed by atoms with Crippen LogP contribution < -0.4 is 40.8 Å². The van der Waals surface area contributed by atoms with Gasteiger partial charge in [0.05, 0.1) is 26.5 Å². The third-order valence-electron chi connectivity index (χ3n) is 9.93. The first-order chi connectivity index (χ1) is 32.9. The van der Waals surface area contributed by atoms with Gasteiger partial charge in [0, 0.05) is 31.1 Å². The lowest BCUT2D eigenvalue weighted by molar-refractivity contribution is -0.145. The minimum absolute atomic E-state index is 0.00228. The van der Waals surface area contributed by atoms with Crippen LogP contribution in [0.15, 0.2) is 36.4 Å². The second-order valence-electron chi connectivity index (χ2n) is 19.9. The van der Waals surface area contributed by atoms with E-state index in [1.54, 1.807) is 92.6 Å². The standard InChI is InChI=1S/C48H73N7O15S/c1-29-39(56)53-35(42(59)65-12)27-30-17-19-36(66-24-22-50-44(61)69-47(5,6)7)32(26-30)33-28-31(18-20-37(33)67-25-23-51-45(62)70-48(8,9)10)38(40(57)52-29)55(11)41(58)34(54-71(13,63)64)16-14-15-21-49-43(60)68-46(2,3)4/h17-20,26,28-29,34-35,38,54H,14-16,21-25,27H2,1-13H3,(H,49,60)(H,50,61)(H,51,62)(H,52,57)(H,53,56)/t29-,34-,35-,38-/m0/s1. The third kappa shape index (κ3) is 20.9. The highest BCUT2D eigenvalue weighted by atomic mass is 32.2. The zero-order valence-electron chi connectivity index (χ0n) is 43.1. The van der Waals surface area contributed by atoms with Crippen molar-refractivity contribution in [3.8, 4) is 22.6 Å². The zero-order valence-corrected chi connectivity index (χ0v) is 43.9. The Balaban J connectivity index is 2.21. The first-order valence-corrected chi connectivity index (χ1v) is 25.1. The van der Waals surface area contributed by atoms with Crippen molar-refractivity contribution >= 4 is 52.0 Å². The average molecular weight is 1020 g/mol. The van der Waals surface area contributed by atoms with Crippen LogP contribution in [0.3, 0.4) is 0 Å². The van der Waals surface area contributed by atoms with Gasteiger partial charge in [0.2, 0.25) is 27.7 Å². The minimum Gasteiger partial charge on any atom is -0.491 e. The van der Waals surface area contributed by atoms with Crippen molar-refractivity contribution in [2.75, 3.05) is 53.3 Å². The molecule has 0 aliphatic carbocycles. The molecule has 0 radical (unpaired) electrons. The van der Waals surface area contributed by atoms with Crippen LogP contribution in [0.2, 0.25) is 0 Å². The fourth-order valence-corrected chi connectivity index (χ4v) is 7.71. The number of rotatable bonds is 18. The number of carbonyl (C=O) groups is 7. The molecule has 22 nitrogen and oxygen atoms in total. The Morgan fingerprint density at radius 1 is 0.718 bits per heavy atom. The largest absolute Gasteiger partial charge is 0.491 e. The molecular weight excluding hydrogens is 947 g/mol. The van der Waals surface area contributed by atoms with Gasteiger partial charge < -0.3 is 59.9 Å². The van der Waals surface area contributed by atoms with E-state index in [1.165, 1.54) is 20.0 Å². The van der Waals surface area contributed by atoms with Gasteiger partial charge in [-0.1, -0.05) is 12.1 Å². The molecule has 0 aromatic heterocycles. The Hall–Kier alpha value is -6.36. The van der Waals surface area contributed by atoms with E-state index < -0.39 is 93.0 Å². The fraction of sp³-hybridized carbons (Fsp3) is 0.604. The van der Waals surface area contributed by atoms with Crippen molar-refractivity contribution in [1.29, 1.82) is 0 Å². The van der Waals surface area contributed by atoms with E-state index in [0.717, 1.165) is 18.3 Å². The number of sulfonamides is 1. The summed E-state index contributed by atoms with van der Waals surface area (Å²) in [5.41, 5.74) is -0.875. The summed E-state index contributed by atoms with van der Waals surface area (Å²) < 4.78 is 61.3. The highest BCUT2D eigenvalue weighted by Gasteiger charge is 2.36. The smallest absolute Gasteiger partial charge is 0.407 e. The Kier molecular flexibility index (Phi) is 21.3. The van der Waals surface area contributed by atoms with E-state index in [4.69, 9.17) is 28.4 Å². The van der Waals surface area contributed by atoms with Crippen LogP contribution in [0.1, 0.15) is 106 Å². The van der Waals surface area contributed by atoms with Gasteiger partial charge in [-0.25, -0.2) is 32.3 Å². The minimum atomic E-state index is -4.01. The van der Waals surface area contributed by atoms with Crippen LogP contribution >= 0.6 is 0 Å². The lowest BCUT2D eigenvalue weighted by atomic mass is 9.93. The Morgan fingerprint density at radius 2 is 1.21 bits per heavy atom. The number of methoxy groups -OCH3 is 1. The van der Waals surface area contributed by atoms with E-state index in [-0.39, 0.29) is 69.2 Å². The Morgan fingerprint density at radius 3 is 1.70 bits per heavy atom. The van der Waals surface area contributed by atoms with Gasteiger partial charge in [0.15, 0.2) is 0 Å². The average Bonchev–Trinajstić information content (AvgIpc) is 3.23. The predicted molar refractivity (Wildman–Crippen MR) is 262 cm³/mol. The monoisotopic (exact) mass is 1020 g/mol. The molecule has 0 fully saturated rings. The van der Waals surface area contributed by atoms with E-state index in [9.17, 15) is 42.0 Å². The van der Waals surface area contributed by atoms with Gasteiger partial charge in [0.25, 0.3) is 0 Å². The van der Waals surface area contributed by atoms with Gasteiger partial charge >= 0.3 is 24.2 Å². The SMILES string of the molecule is COC(=O)[C@@H]1Cc2ccc(OCCNC(=O)OC(C)(C)C)c(c2)-c2cc(ccc2OCCNC(=O)OC(C)(C)C)[C@H](N(C)C(=O)[C@H](CCCCNC(=O)OC(C)(C)C)NS(C)(=O)=O)C(=O)N[C@@H](C)C(=O)N1.